The fourth-order valence-electron chi connectivity index (χ4n) is 2.84. The van der Waals surface area contributed by atoms with Crippen LogP contribution in [0.15, 0.2) is 42.5 Å². The van der Waals surface area contributed by atoms with Gasteiger partial charge in [0.1, 0.15) is 5.69 Å². The summed E-state index contributed by atoms with van der Waals surface area (Å²) < 4.78 is 0. The maximum absolute atomic E-state index is 13.1. The van der Waals surface area contributed by atoms with E-state index in [1.165, 1.54) is 24.3 Å². The number of para-hydroxylation sites is 1. The van der Waals surface area contributed by atoms with E-state index in [-0.39, 0.29) is 11.3 Å². The van der Waals surface area contributed by atoms with Gasteiger partial charge in [-0.05, 0) is 43.2 Å². The lowest BCUT2D eigenvalue weighted by Crippen LogP contribution is -2.51. The molecule has 2 aromatic rings. The van der Waals surface area contributed by atoms with Crippen molar-refractivity contribution in [3.63, 3.8) is 0 Å². The highest BCUT2D eigenvalue weighted by molar-refractivity contribution is 6.10. The molecule has 0 radical (unpaired) electrons. The molecule has 0 saturated carbocycles. The number of nitro benzene ring substituents is 2. The van der Waals surface area contributed by atoms with Crippen LogP contribution in [-0.2, 0) is 9.59 Å². The van der Waals surface area contributed by atoms with Crippen molar-refractivity contribution < 1.29 is 34.4 Å². The van der Waals surface area contributed by atoms with Crippen molar-refractivity contribution in [2.75, 3.05) is 10.6 Å². The van der Waals surface area contributed by atoms with Gasteiger partial charge in [0.25, 0.3) is 5.91 Å². The molecule has 31 heavy (non-hydrogen) atoms. The van der Waals surface area contributed by atoms with Crippen molar-refractivity contribution in [2.24, 2.45) is 0 Å². The van der Waals surface area contributed by atoms with E-state index in [1.807, 2.05) is 0 Å². The van der Waals surface area contributed by atoms with Gasteiger partial charge >= 0.3 is 11.4 Å². The topological polar surface area (TPSA) is 213 Å². The maximum Gasteiger partial charge on any atom is 0.369 e. The molecule has 162 valence electrons. The van der Waals surface area contributed by atoms with Crippen LogP contribution in [0, 0.1) is 20.2 Å². The number of carbonyl (C=O) groups is 3. The average Bonchev–Trinajstić information content (AvgIpc) is 2.70. The first-order chi connectivity index (χ1) is 14.5. The van der Waals surface area contributed by atoms with Crippen molar-refractivity contribution in [1.29, 1.82) is 0 Å². The number of amides is 1. The lowest BCUT2D eigenvalue weighted by atomic mass is 10.0. The number of hydrogen-bond acceptors (Lipinski definition) is 10. The Morgan fingerprint density at radius 1 is 0.968 bits per heavy atom. The summed E-state index contributed by atoms with van der Waals surface area (Å²) in [5.41, 5.74) is 2.81. The van der Waals surface area contributed by atoms with Crippen LogP contribution in [0.25, 0.3) is 0 Å². The van der Waals surface area contributed by atoms with Crippen LogP contribution >= 0.6 is 0 Å². The smallest absolute Gasteiger partial charge is 0.369 e. The molecule has 2 rings (SSSR count). The molecule has 0 aliphatic rings. The number of anilines is 2. The summed E-state index contributed by atoms with van der Waals surface area (Å²) in [5.74, 6) is -4.67. The molecular weight excluding hydrogens is 416 g/mol. The predicted molar refractivity (Wildman–Crippen MR) is 100 cm³/mol. The van der Waals surface area contributed by atoms with Gasteiger partial charge in [-0.3, -0.25) is 29.9 Å². The SMILES string of the molecule is Nc1ccc(C(=O)N(c2cccc([N+](=O)[O-])c2[N+](=O)[O-])C(CCC(=O)[O-])C(=O)[O-])cc1. The summed E-state index contributed by atoms with van der Waals surface area (Å²) in [6.07, 6.45) is -1.56. The van der Waals surface area contributed by atoms with Crippen molar-refractivity contribution in [3.8, 4) is 0 Å². The Morgan fingerprint density at radius 2 is 1.58 bits per heavy atom. The number of hydrogen-bond donors (Lipinski definition) is 1. The van der Waals surface area contributed by atoms with Crippen LogP contribution in [0.3, 0.4) is 0 Å². The average molecular weight is 430 g/mol. The number of nitrogens with two attached hydrogens (primary N) is 1. The molecular formula is C18H14N4O9-2. The van der Waals surface area contributed by atoms with Gasteiger partial charge in [0.15, 0.2) is 0 Å². The van der Waals surface area contributed by atoms with Gasteiger partial charge in [0.2, 0.25) is 0 Å². The summed E-state index contributed by atoms with van der Waals surface area (Å²) >= 11 is 0. The first-order valence-electron chi connectivity index (χ1n) is 8.56. The van der Waals surface area contributed by atoms with Gasteiger partial charge in [-0.1, -0.05) is 6.07 Å². The third-order valence-corrected chi connectivity index (χ3v) is 4.21. The Bertz CT molecular complexity index is 1050. The number of rotatable bonds is 9. The Labute approximate surface area is 173 Å². The van der Waals surface area contributed by atoms with Crippen molar-refractivity contribution in [3.05, 3.63) is 68.3 Å². The number of carboxylic acid groups (broad SMARTS) is 2. The molecule has 0 aliphatic heterocycles. The molecule has 0 aromatic heterocycles. The van der Waals surface area contributed by atoms with Crippen LogP contribution in [-0.4, -0.2) is 33.7 Å². The van der Waals surface area contributed by atoms with E-state index >= 15 is 0 Å². The summed E-state index contributed by atoms with van der Waals surface area (Å²) in [7, 11) is 0. The minimum absolute atomic E-state index is 0.158. The molecule has 13 nitrogen and oxygen atoms in total. The summed E-state index contributed by atoms with van der Waals surface area (Å²) in [6.45, 7) is 0. The largest absolute Gasteiger partial charge is 0.550 e. The van der Waals surface area contributed by atoms with Gasteiger partial charge < -0.3 is 25.5 Å². The first-order valence-corrected chi connectivity index (χ1v) is 8.56. The van der Waals surface area contributed by atoms with Crippen LogP contribution < -0.4 is 20.8 Å². The van der Waals surface area contributed by atoms with Crippen LogP contribution in [0.4, 0.5) is 22.7 Å². The molecule has 13 heteroatoms. The normalized spacial score (nSPS) is 11.4. The van der Waals surface area contributed by atoms with Crippen molar-refractivity contribution in [2.45, 2.75) is 18.9 Å². The molecule has 1 atom stereocenters. The maximum atomic E-state index is 13.1. The third kappa shape index (κ3) is 5.09. The molecule has 1 amide bonds. The Balaban J connectivity index is 2.77. The van der Waals surface area contributed by atoms with E-state index in [2.05, 4.69) is 0 Å². The molecule has 2 aromatic carbocycles. The first kappa shape index (κ1) is 22.7. The molecule has 2 N–H and O–H groups in total. The second kappa shape index (κ2) is 9.30. The van der Waals surface area contributed by atoms with Crippen molar-refractivity contribution in [1.82, 2.24) is 0 Å². The molecule has 0 heterocycles. The van der Waals surface area contributed by atoms with Gasteiger partial charge in [-0.25, -0.2) is 0 Å². The van der Waals surface area contributed by atoms with Gasteiger partial charge in [0, 0.05) is 23.3 Å². The fourth-order valence-corrected chi connectivity index (χ4v) is 2.84. The minimum Gasteiger partial charge on any atom is -0.550 e. The van der Waals surface area contributed by atoms with Gasteiger partial charge in [-0.2, -0.15) is 0 Å². The van der Waals surface area contributed by atoms with Gasteiger partial charge in [0.05, 0.1) is 21.9 Å². The Morgan fingerprint density at radius 3 is 2.06 bits per heavy atom. The van der Waals surface area contributed by atoms with E-state index in [0.717, 1.165) is 18.2 Å². The number of nitrogens with zero attached hydrogens (tertiary/aromatic N) is 3. The third-order valence-electron chi connectivity index (χ3n) is 4.21. The number of carbonyl (C=O) groups excluding carboxylic acids is 3. The second-order valence-corrected chi connectivity index (χ2v) is 6.20. The second-order valence-electron chi connectivity index (χ2n) is 6.20. The Hall–Kier alpha value is -4.55. The van der Waals surface area contributed by atoms with Crippen LogP contribution in [0.5, 0.6) is 0 Å². The zero-order valence-electron chi connectivity index (χ0n) is 15.6. The lowest BCUT2D eigenvalue weighted by Gasteiger charge is -2.32. The van der Waals surface area contributed by atoms with E-state index < -0.39 is 63.6 Å². The highest BCUT2D eigenvalue weighted by atomic mass is 16.6. The van der Waals surface area contributed by atoms with E-state index in [9.17, 15) is 44.8 Å². The zero-order chi connectivity index (χ0) is 23.3. The molecule has 1 unspecified atom stereocenters. The molecule has 0 saturated heterocycles. The summed E-state index contributed by atoms with van der Waals surface area (Å²) in [5, 5.41) is 45.5. The molecule has 0 fully saturated rings. The minimum atomic E-state index is -2.01. The highest BCUT2D eigenvalue weighted by Crippen LogP contribution is 2.38. The zero-order valence-corrected chi connectivity index (χ0v) is 15.6. The number of nitro groups is 2. The van der Waals surface area contributed by atoms with Crippen LogP contribution in [0.1, 0.15) is 23.2 Å². The van der Waals surface area contributed by atoms with E-state index in [1.54, 1.807) is 0 Å². The van der Waals surface area contributed by atoms with Crippen molar-refractivity contribution >= 4 is 40.6 Å². The quantitative estimate of drug-likeness (QED) is 0.302. The lowest BCUT2D eigenvalue weighted by molar-refractivity contribution is -0.422. The monoisotopic (exact) mass is 430 g/mol. The Kier molecular flexibility index (Phi) is 6.82. The van der Waals surface area contributed by atoms with Gasteiger partial charge in [-0.15, -0.1) is 0 Å². The number of nitrogen functional groups attached to an aromatic ring is 1. The number of carboxylic acids is 2. The molecule has 0 aliphatic carbocycles. The standard InChI is InChI=1S/C18H16N4O9/c19-11-6-4-10(5-7-11)17(25)20(14(18(26)27)8-9-15(23)24)12-2-1-3-13(21(28)29)16(12)22(30)31/h1-7,14H,8-9,19H2,(H,23,24)(H,26,27)/p-2. The van der Waals surface area contributed by atoms with E-state index in [4.69, 9.17) is 5.73 Å². The summed E-state index contributed by atoms with van der Waals surface area (Å²) in [4.78, 5) is 56.8. The fraction of sp³-hybridized carbons (Fsp3) is 0.167. The van der Waals surface area contributed by atoms with Crippen LogP contribution in [0.2, 0.25) is 0 Å². The summed E-state index contributed by atoms with van der Waals surface area (Å²) in [6, 6.07) is 5.79. The highest BCUT2D eigenvalue weighted by Gasteiger charge is 2.37. The molecule has 0 bridgehead atoms. The number of aliphatic carboxylic acids is 2. The van der Waals surface area contributed by atoms with E-state index in [0.29, 0.717) is 4.90 Å². The molecule has 0 spiro atoms. The number of benzene rings is 2. The predicted octanol–water partition coefficient (Wildman–Crippen LogP) is -0.619.